The van der Waals surface area contributed by atoms with E-state index < -0.39 is 0 Å². The predicted molar refractivity (Wildman–Crippen MR) is 77.2 cm³/mol. The molecule has 1 heterocycles. The molecule has 0 radical (unpaired) electrons. The van der Waals surface area contributed by atoms with Crippen molar-refractivity contribution in [3.8, 4) is 0 Å². The molecule has 0 bridgehead atoms. The first-order valence-electron chi connectivity index (χ1n) is 6.37. The van der Waals surface area contributed by atoms with Crippen LogP contribution in [0.1, 0.15) is 11.1 Å². The number of aromatic nitrogens is 1. The van der Waals surface area contributed by atoms with Crippen molar-refractivity contribution in [2.24, 2.45) is 7.05 Å². The van der Waals surface area contributed by atoms with Crippen molar-refractivity contribution >= 4 is 6.03 Å². The summed E-state index contributed by atoms with van der Waals surface area (Å²) in [5, 5.41) is 5.42. The van der Waals surface area contributed by atoms with Crippen molar-refractivity contribution < 1.29 is 4.79 Å². The number of benzene rings is 1. The monoisotopic (exact) mass is 271 g/mol. The first-order valence-corrected chi connectivity index (χ1v) is 6.37. The minimum absolute atomic E-state index is 0.101. The minimum atomic E-state index is -0.292. The third kappa shape index (κ3) is 3.71. The highest BCUT2D eigenvalue weighted by Crippen LogP contribution is 1.97. The van der Waals surface area contributed by atoms with E-state index in [2.05, 4.69) is 10.6 Å². The molecule has 2 rings (SSSR count). The maximum Gasteiger partial charge on any atom is 0.315 e. The van der Waals surface area contributed by atoms with Crippen LogP contribution in [-0.2, 0) is 20.1 Å². The van der Waals surface area contributed by atoms with Crippen LogP contribution in [-0.4, -0.2) is 10.6 Å². The number of pyridine rings is 1. The summed E-state index contributed by atoms with van der Waals surface area (Å²) in [4.78, 5) is 23.4. The predicted octanol–water partition coefficient (Wildman–Crippen LogP) is 1.38. The normalized spacial score (nSPS) is 10.1. The molecule has 20 heavy (non-hydrogen) atoms. The Balaban J connectivity index is 1.84. The average Bonchev–Trinajstić information content (AvgIpc) is 2.48. The summed E-state index contributed by atoms with van der Waals surface area (Å²) in [5.41, 5.74) is 1.49. The molecule has 5 heteroatoms. The van der Waals surface area contributed by atoms with Gasteiger partial charge in [-0.15, -0.1) is 0 Å². The lowest BCUT2D eigenvalue weighted by Crippen LogP contribution is -2.36. The van der Waals surface area contributed by atoms with Gasteiger partial charge < -0.3 is 15.2 Å². The number of nitrogens with zero attached hydrogens (tertiary/aromatic N) is 1. The van der Waals surface area contributed by atoms with Crippen molar-refractivity contribution in [1.82, 2.24) is 15.2 Å². The third-order valence-electron chi connectivity index (χ3n) is 2.94. The van der Waals surface area contributed by atoms with Gasteiger partial charge in [0, 0.05) is 31.9 Å². The van der Waals surface area contributed by atoms with Crippen molar-refractivity contribution in [2.75, 3.05) is 0 Å². The summed E-state index contributed by atoms with van der Waals surface area (Å²) in [5.74, 6) is 0. The van der Waals surface area contributed by atoms with Crippen LogP contribution in [0.5, 0.6) is 0 Å². The molecule has 1 aromatic carbocycles. The van der Waals surface area contributed by atoms with Gasteiger partial charge >= 0.3 is 6.03 Å². The van der Waals surface area contributed by atoms with Gasteiger partial charge in [0.05, 0.1) is 0 Å². The highest BCUT2D eigenvalue weighted by atomic mass is 16.2. The molecule has 0 aliphatic rings. The van der Waals surface area contributed by atoms with Crippen LogP contribution in [0.25, 0.3) is 0 Å². The Morgan fingerprint density at radius 1 is 1.05 bits per heavy atom. The molecule has 1 aromatic heterocycles. The molecular formula is C15H17N3O2. The molecule has 0 atom stereocenters. The summed E-state index contributed by atoms with van der Waals surface area (Å²) in [6.45, 7) is 0.674. The molecule has 0 fully saturated rings. The number of hydrogen-bond donors (Lipinski definition) is 2. The second-order valence-electron chi connectivity index (χ2n) is 4.47. The first-order chi connectivity index (χ1) is 9.66. The fourth-order valence-electron chi connectivity index (χ4n) is 1.80. The van der Waals surface area contributed by atoms with Crippen LogP contribution in [0.15, 0.2) is 53.5 Å². The third-order valence-corrected chi connectivity index (χ3v) is 2.94. The first kappa shape index (κ1) is 13.9. The van der Waals surface area contributed by atoms with E-state index in [4.69, 9.17) is 0 Å². The Morgan fingerprint density at radius 2 is 1.75 bits per heavy atom. The SMILES string of the molecule is Cn1cccc(CNC(=O)NCc2ccccc2)c1=O. The van der Waals surface area contributed by atoms with E-state index >= 15 is 0 Å². The Hall–Kier alpha value is -2.56. The number of amides is 2. The van der Waals surface area contributed by atoms with Gasteiger partial charge in [0.25, 0.3) is 5.56 Å². The maximum absolute atomic E-state index is 11.8. The smallest absolute Gasteiger partial charge is 0.315 e. The zero-order valence-corrected chi connectivity index (χ0v) is 11.3. The average molecular weight is 271 g/mol. The topological polar surface area (TPSA) is 63.1 Å². The van der Waals surface area contributed by atoms with Crippen LogP contribution in [0.2, 0.25) is 0 Å². The second kappa shape index (κ2) is 6.56. The standard InChI is InChI=1S/C15H17N3O2/c1-18-9-5-8-13(14(18)19)11-17-15(20)16-10-12-6-3-2-4-7-12/h2-9H,10-11H2,1H3,(H2,16,17,20). The number of aryl methyl sites for hydroxylation is 1. The maximum atomic E-state index is 11.8. The van der Waals surface area contributed by atoms with E-state index in [1.54, 1.807) is 25.4 Å². The highest BCUT2D eigenvalue weighted by molar-refractivity contribution is 5.73. The van der Waals surface area contributed by atoms with Crippen molar-refractivity contribution in [3.05, 3.63) is 70.1 Å². The summed E-state index contributed by atoms with van der Waals surface area (Å²) in [6.07, 6.45) is 1.68. The van der Waals surface area contributed by atoms with E-state index in [0.717, 1.165) is 5.56 Å². The molecule has 0 aliphatic carbocycles. The molecular weight excluding hydrogens is 254 g/mol. The van der Waals surface area contributed by atoms with Gasteiger partial charge in [-0.25, -0.2) is 4.79 Å². The zero-order valence-electron chi connectivity index (χ0n) is 11.3. The number of carbonyl (C=O) groups excluding carboxylic acids is 1. The van der Waals surface area contributed by atoms with Crippen molar-refractivity contribution in [3.63, 3.8) is 0 Å². The van der Waals surface area contributed by atoms with E-state index in [-0.39, 0.29) is 18.1 Å². The minimum Gasteiger partial charge on any atom is -0.334 e. The number of hydrogen-bond acceptors (Lipinski definition) is 2. The summed E-state index contributed by atoms with van der Waals surface area (Å²) < 4.78 is 1.49. The van der Waals surface area contributed by atoms with Gasteiger partial charge in [0.1, 0.15) is 0 Å². The number of nitrogens with one attached hydrogen (secondary N) is 2. The van der Waals surface area contributed by atoms with Gasteiger partial charge in [0.15, 0.2) is 0 Å². The van der Waals surface area contributed by atoms with Crippen molar-refractivity contribution in [1.29, 1.82) is 0 Å². The van der Waals surface area contributed by atoms with Crippen LogP contribution >= 0.6 is 0 Å². The highest BCUT2D eigenvalue weighted by Gasteiger charge is 2.04. The fourth-order valence-corrected chi connectivity index (χ4v) is 1.80. The van der Waals surface area contributed by atoms with Gasteiger partial charge in [-0.2, -0.15) is 0 Å². The number of carbonyl (C=O) groups is 1. The molecule has 5 nitrogen and oxygen atoms in total. The second-order valence-corrected chi connectivity index (χ2v) is 4.47. The van der Waals surface area contributed by atoms with Crippen LogP contribution in [0, 0.1) is 0 Å². The van der Waals surface area contributed by atoms with Gasteiger partial charge in [-0.05, 0) is 11.6 Å². The van der Waals surface area contributed by atoms with Gasteiger partial charge in [-0.3, -0.25) is 4.79 Å². The number of rotatable bonds is 4. The zero-order chi connectivity index (χ0) is 14.4. The quantitative estimate of drug-likeness (QED) is 0.882. The number of urea groups is 1. The van der Waals surface area contributed by atoms with E-state index in [9.17, 15) is 9.59 Å². The van der Waals surface area contributed by atoms with Crippen LogP contribution in [0.3, 0.4) is 0 Å². The lowest BCUT2D eigenvalue weighted by Gasteiger charge is -2.08. The van der Waals surface area contributed by atoms with Crippen molar-refractivity contribution in [2.45, 2.75) is 13.1 Å². The largest absolute Gasteiger partial charge is 0.334 e. The molecule has 0 unspecified atom stereocenters. The lowest BCUT2D eigenvalue weighted by atomic mass is 10.2. The van der Waals surface area contributed by atoms with Crippen LogP contribution in [0.4, 0.5) is 4.79 Å². The lowest BCUT2D eigenvalue weighted by molar-refractivity contribution is 0.240. The Bertz CT molecular complexity index is 635. The summed E-state index contributed by atoms with van der Waals surface area (Å²) in [7, 11) is 1.68. The molecule has 2 aromatic rings. The molecule has 104 valence electrons. The van der Waals surface area contributed by atoms with E-state index in [1.807, 2.05) is 30.3 Å². The molecule has 0 spiro atoms. The fraction of sp³-hybridized carbons (Fsp3) is 0.200. The summed E-state index contributed by atoms with van der Waals surface area (Å²) >= 11 is 0. The van der Waals surface area contributed by atoms with Gasteiger partial charge in [0.2, 0.25) is 0 Å². The van der Waals surface area contributed by atoms with Crippen LogP contribution < -0.4 is 16.2 Å². The van der Waals surface area contributed by atoms with E-state index in [1.165, 1.54) is 4.57 Å². The molecule has 2 amide bonds. The van der Waals surface area contributed by atoms with E-state index in [0.29, 0.717) is 12.1 Å². The Kier molecular flexibility index (Phi) is 4.55. The molecule has 0 saturated carbocycles. The Morgan fingerprint density at radius 3 is 2.50 bits per heavy atom. The Labute approximate surface area is 117 Å². The van der Waals surface area contributed by atoms with Gasteiger partial charge in [-0.1, -0.05) is 36.4 Å². The molecule has 0 saturated heterocycles. The summed E-state index contributed by atoms with van der Waals surface area (Å²) in [6, 6.07) is 12.8. The molecule has 2 N–H and O–H groups in total. The molecule has 0 aliphatic heterocycles.